The molecule has 17 heavy (non-hydrogen) atoms. The quantitative estimate of drug-likeness (QED) is 0.852. The van der Waals surface area contributed by atoms with Crippen molar-refractivity contribution in [2.24, 2.45) is 10.8 Å². The van der Waals surface area contributed by atoms with Gasteiger partial charge in [-0.1, -0.05) is 27.7 Å². The number of aliphatic hydroxyl groups is 1. The van der Waals surface area contributed by atoms with Crippen molar-refractivity contribution in [2.75, 3.05) is 0 Å². The molecule has 0 aliphatic heterocycles. The summed E-state index contributed by atoms with van der Waals surface area (Å²) in [6, 6.07) is 0. The molecule has 1 aliphatic carbocycles. The molecule has 1 N–H and O–H groups in total. The van der Waals surface area contributed by atoms with Crippen molar-refractivity contribution in [1.29, 1.82) is 0 Å². The first kappa shape index (κ1) is 12.3. The number of aryl methyl sites for hydroxylation is 1. The Morgan fingerprint density at radius 2 is 1.65 bits per heavy atom. The smallest absolute Gasteiger partial charge is 0.235 e. The van der Waals surface area contributed by atoms with Gasteiger partial charge >= 0.3 is 0 Å². The molecule has 2 rings (SSSR count). The van der Waals surface area contributed by atoms with Gasteiger partial charge in [0.25, 0.3) is 0 Å². The molecule has 1 fully saturated rings. The summed E-state index contributed by atoms with van der Waals surface area (Å²) >= 11 is 0. The molecule has 4 nitrogen and oxygen atoms in total. The minimum atomic E-state index is -0.364. The van der Waals surface area contributed by atoms with Gasteiger partial charge in [0.05, 0.1) is 11.8 Å². The van der Waals surface area contributed by atoms with E-state index in [0.29, 0.717) is 5.88 Å². The van der Waals surface area contributed by atoms with Crippen LogP contribution < -0.4 is 4.74 Å². The van der Waals surface area contributed by atoms with Crippen molar-refractivity contribution in [3.05, 3.63) is 18.1 Å². The first-order valence-electron chi connectivity index (χ1n) is 5.90. The molecule has 0 aromatic carbocycles. The van der Waals surface area contributed by atoms with E-state index in [1.54, 1.807) is 12.4 Å². The molecular formula is C13H20N2O2. The summed E-state index contributed by atoms with van der Waals surface area (Å²) in [6.07, 6.45) is 2.85. The summed E-state index contributed by atoms with van der Waals surface area (Å²) in [7, 11) is 0. The zero-order chi connectivity index (χ0) is 12.8. The molecule has 1 heterocycles. The van der Waals surface area contributed by atoms with E-state index < -0.39 is 0 Å². The van der Waals surface area contributed by atoms with E-state index in [2.05, 4.69) is 9.97 Å². The van der Waals surface area contributed by atoms with Gasteiger partial charge in [0.2, 0.25) is 5.88 Å². The molecule has 0 bridgehead atoms. The first-order chi connectivity index (χ1) is 7.78. The highest BCUT2D eigenvalue weighted by Gasteiger charge is 2.63. The van der Waals surface area contributed by atoms with Crippen LogP contribution in [-0.2, 0) is 0 Å². The minimum Gasteiger partial charge on any atom is -0.472 e. The third-order valence-electron chi connectivity index (χ3n) is 3.83. The van der Waals surface area contributed by atoms with Crippen LogP contribution in [0.15, 0.2) is 12.4 Å². The highest BCUT2D eigenvalue weighted by atomic mass is 16.5. The Morgan fingerprint density at radius 1 is 1.12 bits per heavy atom. The third-order valence-corrected chi connectivity index (χ3v) is 3.83. The van der Waals surface area contributed by atoms with Gasteiger partial charge in [-0.2, -0.15) is 0 Å². The SMILES string of the molecule is Cc1nccnc1OC1C(C)(C)C(O)C1(C)C. The van der Waals surface area contributed by atoms with Crippen molar-refractivity contribution in [1.82, 2.24) is 9.97 Å². The lowest BCUT2D eigenvalue weighted by Crippen LogP contribution is -2.69. The summed E-state index contributed by atoms with van der Waals surface area (Å²) in [5, 5.41) is 10.1. The number of aromatic nitrogens is 2. The van der Waals surface area contributed by atoms with E-state index in [9.17, 15) is 5.11 Å². The number of hydrogen-bond donors (Lipinski definition) is 1. The maximum absolute atomic E-state index is 10.1. The molecule has 94 valence electrons. The number of nitrogens with zero attached hydrogens (tertiary/aromatic N) is 2. The second kappa shape index (κ2) is 3.67. The number of ether oxygens (including phenoxy) is 1. The van der Waals surface area contributed by atoms with Gasteiger partial charge in [-0.05, 0) is 6.92 Å². The lowest BCUT2D eigenvalue weighted by Gasteiger charge is -2.60. The molecule has 0 spiro atoms. The van der Waals surface area contributed by atoms with Crippen LogP contribution in [0.3, 0.4) is 0 Å². The van der Waals surface area contributed by atoms with Gasteiger partial charge in [0, 0.05) is 23.2 Å². The molecule has 1 aromatic rings. The van der Waals surface area contributed by atoms with Crippen molar-refractivity contribution in [3.63, 3.8) is 0 Å². The molecule has 0 saturated heterocycles. The van der Waals surface area contributed by atoms with E-state index in [4.69, 9.17) is 4.74 Å². The van der Waals surface area contributed by atoms with Gasteiger partial charge in [-0.3, -0.25) is 4.98 Å². The van der Waals surface area contributed by atoms with Crippen LogP contribution in [0.25, 0.3) is 0 Å². The van der Waals surface area contributed by atoms with Crippen molar-refractivity contribution in [3.8, 4) is 5.88 Å². The van der Waals surface area contributed by atoms with Crippen LogP contribution in [0.2, 0.25) is 0 Å². The summed E-state index contributed by atoms with van der Waals surface area (Å²) in [5.41, 5.74) is 0.265. The zero-order valence-electron chi connectivity index (χ0n) is 11.1. The number of hydrogen-bond acceptors (Lipinski definition) is 4. The van der Waals surface area contributed by atoms with E-state index in [0.717, 1.165) is 5.69 Å². The van der Waals surface area contributed by atoms with Gasteiger partial charge in [-0.25, -0.2) is 4.98 Å². The van der Waals surface area contributed by atoms with Crippen LogP contribution >= 0.6 is 0 Å². The third kappa shape index (κ3) is 1.71. The van der Waals surface area contributed by atoms with E-state index in [-0.39, 0.29) is 23.0 Å². The summed E-state index contributed by atoms with van der Waals surface area (Å²) < 4.78 is 5.95. The Balaban J connectivity index is 2.23. The average Bonchev–Trinajstić information content (AvgIpc) is 2.26. The predicted octanol–water partition coefficient (Wildman–Crippen LogP) is 1.96. The average molecular weight is 236 g/mol. The van der Waals surface area contributed by atoms with Crippen LogP contribution in [0.1, 0.15) is 33.4 Å². The second-order valence-corrected chi connectivity index (χ2v) is 5.99. The largest absolute Gasteiger partial charge is 0.472 e. The van der Waals surface area contributed by atoms with Crippen LogP contribution in [0, 0.1) is 17.8 Å². The fourth-order valence-electron chi connectivity index (χ4n) is 3.03. The molecule has 0 radical (unpaired) electrons. The Kier molecular flexibility index (Phi) is 2.65. The molecule has 0 unspecified atom stereocenters. The van der Waals surface area contributed by atoms with E-state index in [1.807, 2.05) is 34.6 Å². The Bertz CT molecular complexity index is 413. The minimum absolute atomic E-state index is 0.0552. The molecule has 1 aromatic heterocycles. The zero-order valence-corrected chi connectivity index (χ0v) is 11.1. The Morgan fingerprint density at radius 3 is 2.18 bits per heavy atom. The lowest BCUT2D eigenvalue weighted by molar-refractivity contribution is -0.237. The maximum Gasteiger partial charge on any atom is 0.235 e. The second-order valence-electron chi connectivity index (χ2n) is 5.99. The highest BCUT2D eigenvalue weighted by Crippen LogP contribution is 2.55. The standard InChI is InChI=1S/C13H20N2O2/c1-8-9(15-7-6-14-8)17-11-12(2,3)10(16)13(11,4)5/h6-7,10-11,16H,1-5H3. The molecular weight excluding hydrogens is 216 g/mol. The van der Waals surface area contributed by atoms with Crippen LogP contribution in [0.4, 0.5) is 0 Å². The molecule has 0 amide bonds. The maximum atomic E-state index is 10.1. The van der Waals surface area contributed by atoms with Gasteiger partial charge in [0.1, 0.15) is 6.10 Å². The summed E-state index contributed by atoms with van der Waals surface area (Å²) in [5.74, 6) is 0.561. The van der Waals surface area contributed by atoms with Gasteiger partial charge < -0.3 is 9.84 Å². The lowest BCUT2D eigenvalue weighted by atomic mass is 9.51. The van der Waals surface area contributed by atoms with Gasteiger partial charge in [-0.15, -0.1) is 0 Å². The Hall–Kier alpha value is -1.16. The molecule has 1 saturated carbocycles. The predicted molar refractivity (Wildman–Crippen MR) is 64.8 cm³/mol. The van der Waals surface area contributed by atoms with Crippen molar-refractivity contribution >= 4 is 0 Å². The fourth-order valence-corrected chi connectivity index (χ4v) is 3.03. The molecule has 0 atom stereocenters. The molecule has 4 heteroatoms. The van der Waals surface area contributed by atoms with Crippen molar-refractivity contribution < 1.29 is 9.84 Å². The fraction of sp³-hybridized carbons (Fsp3) is 0.692. The monoisotopic (exact) mass is 236 g/mol. The normalized spacial score (nSPS) is 29.5. The first-order valence-corrected chi connectivity index (χ1v) is 5.90. The van der Waals surface area contributed by atoms with Gasteiger partial charge in [0.15, 0.2) is 0 Å². The van der Waals surface area contributed by atoms with Crippen LogP contribution in [0.5, 0.6) is 5.88 Å². The summed E-state index contributed by atoms with van der Waals surface area (Å²) in [6.45, 7) is 9.93. The van der Waals surface area contributed by atoms with Crippen LogP contribution in [-0.4, -0.2) is 27.3 Å². The Labute approximate surface area is 102 Å². The molecule has 1 aliphatic rings. The topological polar surface area (TPSA) is 55.2 Å². The van der Waals surface area contributed by atoms with Crippen molar-refractivity contribution in [2.45, 2.75) is 46.8 Å². The number of aliphatic hydroxyl groups excluding tert-OH is 1. The highest BCUT2D eigenvalue weighted by molar-refractivity contribution is 5.20. The number of rotatable bonds is 2. The van der Waals surface area contributed by atoms with E-state index in [1.165, 1.54) is 0 Å². The summed E-state index contributed by atoms with van der Waals surface area (Å²) in [4.78, 5) is 8.35. The van der Waals surface area contributed by atoms with E-state index >= 15 is 0 Å².